The Morgan fingerprint density at radius 1 is 1.35 bits per heavy atom. The molecule has 0 N–H and O–H groups in total. The summed E-state index contributed by atoms with van der Waals surface area (Å²) in [6.07, 6.45) is 3.74. The topological polar surface area (TPSA) is 51.1 Å². The van der Waals surface area contributed by atoms with Gasteiger partial charge in [0.15, 0.2) is 5.78 Å². The van der Waals surface area contributed by atoms with Crippen LogP contribution in [0.3, 0.4) is 0 Å². The molecule has 0 fully saturated rings. The smallest absolute Gasteiger partial charge is 0.192 e. The lowest BCUT2D eigenvalue weighted by molar-refractivity contribution is 0.104. The van der Waals surface area contributed by atoms with Crippen LogP contribution in [-0.2, 0) is 0 Å². The van der Waals surface area contributed by atoms with Crippen molar-refractivity contribution in [2.24, 2.45) is 5.10 Å². The third-order valence-corrected chi connectivity index (χ3v) is 4.33. The van der Waals surface area contributed by atoms with Crippen LogP contribution in [0.15, 0.2) is 34.4 Å². The largest absolute Gasteiger partial charge is 0.497 e. The Kier molecular flexibility index (Phi) is 6.10. The molecule has 1 aromatic rings. The quantitative estimate of drug-likeness (QED) is 0.559. The van der Waals surface area contributed by atoms with Crippen molar-refractivity contribution in [3.8, 4) is 11.5 Å². The Morgan fingerprint density at radius 2 is 2.13 bits per heavy atom. The van der Waals surface area contributed by atoms with Gasteiger partial charge in [-0.05, 0) is 31.5 Å². The van der Waals surface area contributed by atoms with E-state index in [0.717, 1.165) is 29.5 Å². The number of hydrogen-bond acceptors (Lipinski definition) is 6. The summed E-state index contributed by atoms with van der Waals surface area (Å²) in [5.74, 6) is 1.05. The Balaban J connectivity index is 2.26. The van der Waals surface area contributed by atoms with Gasteiger partial charge in [-0.15, -0.1) is 0 Å². The lowest BCUT2D eigenvalue weighted by Gasteiger charge is -2.15. The van der Waals surface area contributed by atoms with Crippen molar-refractivity contribution in [2.75, 3.05) is 20.8 Å². The minimum absolute atomic E-state index is 0.116. The first kappa shape index (κ1) is 17.4. The number of thioether (sulfide) groups is 1. The van der Waals surface area contributed by atoms with Crippen LogP contribution in [0.2, 0.25) is 0 Å². The molecular weight excluding hydrogens is 312 g/mol. The predicted octanol–water partition coefficient (Wildman–Crippen LogP) is 3.91. The average molecular weight is 334 g/mol. The zero-order valence-corrected chi connectivity index (χ0v) is 14.8. The van der Waals surface area contributed by atoms with Gasteiger partial charge >= 0.3 is 0 Å². The molecule has 0 radical (unpaired) electrons. The maximum Gasteiger partial charge on any atom is 0.192 e. The number of ketones is 1. The normalized spacial score (nSPS) is 15.7. The number of allylic oxidation sites excluding steroid dienone is 1. The second-order valence-electron chi connectivity index (χ2n) is 5.11. The molecule has 124 valence electrons. The van der Waals surface area contributed by atoms with Gasteiger partial charge in [0.25, 0.3) is 0 Å². The predicted molar refractivity (Wildman–Crippen MR) is 94.3 cm³/mol. The van der Waals surface area contributed by atoms with E-state index >= 15 is 0 Å². The molecule has 23 heavy (non-hydrogen) atoms. The van der Waals surface area contributed by atoms with E-state index in [9.17, 15) is 4.79 Å². The van der Waals surface area contributed by atoms with Gasteiger partial charge in [-0.3, -0.25) is 9.80 Å². The van der Waals surface area contributed by atoms with E-state index in [1.54, 1.807) is 38.5 Å². The average Bonchev–Trinajstić information content (AvgIpc) is 2.91. The second kappa shape index (κ2) is 8.06. The summed E-state index contributed by atoms with van der Waals surface area (Å²) >= 11 is 1.51. The Bertz CT molecular complexity index is 641. The summed E-state index contributed by atoms with van der Waals surface area (Å²) in [5, 5.41) is 8.16. The van der Waals surface area contributed by atoms with Gasteiger partial charge in [0.05, 0.1) is 24.8 Å². The Morgan fingerprint density at radius 3 is 2.78 bits per heavy atom. The molecule has 0 saturated heterocycles. The number of rotatable bonds is 7. The lowest BCUT2D eigenvalue weighted by atomic mass is 10.1. The number of unbranched alkanes of at least 4 members (excludes halogenated alkanes) is 1. The summed E-state index contributed by atoms with van der Waals surface area (Å²) < 4.78 is 10.5. The van der Waals surface area contributed by atoms with Gasteiger partial charge in [0, 0.05) is 12.6 Å². The number of hydrazone groups is 1. The van der Waals surface area contributed by atoms with E-state index in [2.05, 4.69) is 12.0 Å². The molecular formula is C17H22N2O3S. The standard InChI is InChI=1S/C17H22N2O3S/c1-5-6-9-19-17(23-12(2)18-19)11-15(20)14-10-13(21-3)7-8-16(14)22-4/h7-8,10-11H,5-6,9H2,1-4H3. The molecule has 0 unspecified atom stereocenters. The highest BCUT2D eigenvalue weighted by Gasteiger charge is 2.21. The van der Waals surface area contributed by atoms with Crippen LogP contribution in [-0.4, -0.2) is 36.6 Å². The van der Waals surface area contributed by atoms with Gasteiger partial charge in [-0.25, -0.2) is 0 Å². The van der Waals surface area contributed by atoms with Crippen LogP contribution in [0.1, 0.15) is 37.0 Å². The Labute approximate surface area is 141 Å². The van der Waals surface area contributed by atoms with Gasteiger partial charge in [-0.1, -0.05) is 25.1 Å². The minimum Gasteiger partial charge on any atom is -0.497 e. The van der Waals surface area contributed by atoms with Crippen molar-refractivity contribution < 1.29 is 14.3 Å². The molecule has 1 aliphatic heterocycles. The molecule has 2 rings (SSSR count). The van der Waals surface area contributed by atoms with Crippen LogP contribution in [0, 0.1) is 0 Å². The summed E-state index contributed by atoms with van der Waals surface area (Å²) in [4.78, 5) is 12.7. The van der Waals surface area contributed by atoms with E-state index in [0.29, 0.717) is 17.1 Å². The molecule has 1 aliphatic rings. The first-order valence-electron chi connectivity index (χ1n) is 7.57. The molecule has 5 nitrogen and oxygen atoms in total. The molecule has 0 saturated carbocycles. The van der Waals surface area contributed by atoms with E-state index < -0.39 is 0 Å². The molecule has 0 aromatic heterocycles. The van der Waals surface area contributed by atoms with Crippen LogP contribution < -0.4 is 9.47 Å². The maximum absolute atomic E-state index is 12.7. The molecule has 1 heterocycles. The highest BCUT2D eigenvalue weighted by atomic mass is 32.2. The monoisotopic (exact) mass is 334 g/mol. The maximum atomic E-state index is 12.7. The first-order valence-corrected chi connectivity index (χ1v) is 8.39. The van der Waals surface area contributed by atoms with Crippen molar-refractivity contribution in [1.29, 1.82) is 0 Å². The van der Waals surface area contributed by atoms with Crippen molar-refractivity contribution in [3.63, 3.8) is 0 Å². The van der Waals surface area contributed by atoms with Crippen LogP contribution >= 0.6 is 11.8 Å². The SMILES string of the molecule is CCCCN1N=C(C)SC1=CC(=O)c1cc(OC)ccc1OC. The van der Waals surface area contributed by atoms with E-state index in [1.165, 1.54) is 11.8 Å². The Hall–Kier alpha value is -1.95. The number of carbonyl (C=O) groups is 1. The fourth-order valence-corrected chi connectivity index (χ4v) is 3.06. The van der Waals surface area contributed by atoms with Crippen molar-refractivity contribution in [2.45, 2.75) is 26.7 Å². The zero-order chi connectivity index (χ0) is 16.8. The van der Waals surface area contributed by atoms with Crippen molar-refractivity contribution in [3.05, 3.63) is 34.9 Å². The molecule has 0 aliphatic carbocycles. The van der Waals surface area contributed by atoms with Crippen LogP contribution in [0.25, 0.3) is 0 Å². The molecule has 0 bridgehead atoms. The lowest BCUT2D eigenvalue weighted by Crippen LogP contribution is -2.14. The molecule has 1 aromatic carbocycles. The molecule has 0 amide bonds. The number of carbonyl (C=O) groups excluding carboxylic acids is 1. The van der Waals surface area contributed by atoms with Gasteiger partial charge in [0.2, 0.25) is 0 Å². The van der Waals surface area contributed by atoms with E-state index in [1.807, 2.05) is 11.9 Å². The highest BCUT2D eigenvalue weighted by molar-refractivity contribution is 8.17. The number of nitrogens with zero attached hydrogens (tertiary/aromatic N) is 2. The third-order valence-electron chi connectivity index (χ3n) is 3.42. The highest BCUT2D eigenvalue weighted by Crippen LogP contribution is 2.32. The number of methoxy groups -OCH3 is 2. The number of hydrogen-bond donors (Lipinski definition) is 0. The fourth-order valence-electron chi connectivity index (χ4n) is 2.21. The molecule has 6 heteroatoms. The van der Waals surface area contributed by atoms with Crippen molar-refractivity contribution >= 4 is 22.6 Å². The zero-order valence-electron chi connectivity index (χ0n) is 14.0. The van der Waals surface area contributed by atoms with Gasteiger partial charge in [-0.2, -0.15) is 5.10 Å². The fraction of sp³-hybridized carbons (Fsp3) is 0.412. The summed E-state index contributed by atoms with van der Waals surface area (Å²) in [6.45, 7) is 4.89. The number of benzene rings is 1. The van der Waals surface area contributed by atoms with Crippen molar-refractivity contribution in [1.82, 2.24) is 5.01 Å². The van der Waals surface area contributed by atoms with Crippen LogP contribution in [0.5, 0.6) is 11.5 Å². The minimum atomic E-state index is -0.116. The number of ether oxygens (including phenoxy) is 2. The van der Waals surface area contributed by atoms with Crippen LogP contribution in [0.4, 0.5) is 0 Å². The molecule has 0 spiro atoms. The van der Waals surface area contributed by atoms with E-state index in [-0.39, 0.29) is 5.78 Å². The third kappa shape index (κ3) is 4.28. The second-order valence-corrected chi connectivity index (χ2v) is 6.32. The first-order chi connectivity index (χ1) is 11.1. The summed E-state index contributed by atoms with van der Waals surface area (Å²) in [5.41, 5.74) is 0.486. The van der Waals surface area contributed by atoms with Gasteiger partial charge < -0.3 is 9.47 Å². The van der Waals surface area contributed by atoms with E-state index in [4.69, 9.17) is 9.47 Å². The molecule has 0 atom stereocenters. The summed E-state index contributed by atoms with van der Waals surface area (Å²) in [6, 6.07) is 5.21. The summed E-state index contributed by atoms with van der Waals surface area (Å²) in [7, 11) is 3.13. The van der Waals surface area contributed by atoms with Gasteiger partial charge in [0.1, 0.15) is 16.5 Å².